The van der Waals surface area contributed by atoms with Gasteiger partial charge in [-0.25, -0.2) is 0 Å². The van der Waals surface area contributed by atoms with E-state index >= 15 is 0 Å². The summed E-state index contributed by atoms with van der Waals surface area (Å²) in [5.74, 6) is 0.758. The number of rotatable bonds is 2. The van der Waals surface area contributed by atoms with Gasteiger partial charge in [0.05, 0.1) is 5.39 Å². The molecule has 4 nitrogen and oxygen atoms in total. The lowest BCUT2D eigenvalue weighted by Crippen LogP contribution is -1.97. The second-order valence-corrected chi connectivity index (χ2v) is 4.53. The Labute approximate surface area is 115 Å². The van der Waals surface area contributed by atoms with Gasteiger partial charge in [-0.3, -0.25) is 0 Å². The van der Waals surface area contributed by atoms with Gasteiger partial charge in [-0.05, 0) is 18.2 Å². The molecule has 0 aliphatic carbocycles. The Balaban J connectivity index is 1.84. The van der Waals surface area contributed by atoms with Crippen LogP contribution in [0.5, 0.6) is 0 Å². The summed E-state index contributed by atoms with van der Waals surface area (Å²) in [7, 11) is 0. The molecular weight excluding hydrogens is 254 g/mol. The Morgan fingerprint density at radius 2 is 1.70 bits per heavy atom. The zero-order chi connectivity index (χ0) is 13.4. The molecule has 1 aliphatic rings. The van der Waals surface area contributed by atoms with Crippen LogP contribution in [0, 0.1) is 0 Å². The quantitative estimate of drug-likeness (QED) is 0.702. The minimum Gasteiger partial charge on any atom is -0.455 e. The van der Waals surface area contributed by atoms with Crippen LogP contribution in [-0.4, -0.2) is 5.16 Å². The standard InChI is InChI=1S/C16H11NO3/c1-2-4-11(5-3-1)15-13-10-12(16-18-8-9-19-16)6-7-14(13)17-20-15/h1-10,16H. The molecule has 0 amide bonds. The van der Waals surface area contributed by atoms with Crippen molar-refractivity contribution in [1.82, 2.24) is 5.16 Å². The van der Waals surface area contributed by atoms with Crippen molar-refractivity contribution in [2.24, 2.45) is 0 Å². The van der Waals surface area contributed by atoms with E-state index < -0.39 is 6.29 Å². The van der Waals surface area contributed by atoms with E-state index in [0.29, 0.717) is 0 Å². The molecule has 3 aromatic rings. The van der Waals surface area contributed by atoms with Crippen molar-refractivity contribution >= 4 is 10.9 Å². The molecule has 0 saturated heterocycles. The summed E-state index contributed by atoms with van der Waals surface area (Å²) in [6.07, 6.45) is 2.69. The zero-order valence-electron chi connectivity index (χ0n) is 10.5. The van der Waals surface area contributed by atoms with Crippen molar-refractivity contribution in [1.29, 1.82) is 0 Å². The SMILES string of the molecule is C1=COC(c2ccc3noc(-c4ccccc4)c3c2)O1. The van der Waals surface area contributed by atoms with E-state index in [4.69, 9.17) is 14.0 Å². The molecule has 0 atom stereocenters. The lowest BCUT2D eigenvalue weighted by molar-refractivity contribution is -0.0244. The molecule has 2 aromatic carbocycles. The maximum atomic E-state index is 5.47. The molecule has 0 N–H and O–H groups in total. The van der Waals surface area contributed by atoms with Crippen LogP contribution in [0.2, 0.25) is 0 Å². The highest BCUT2D eigenvalue weighted by Gasteiger charge is 2.18. The smallest absolute Gasteiger partial charge is 0.266 e. The van der Waals surface area contributed by atoms with Crippen molar-refractivity contribution < 1.29 is 14.0 Å². The van der Waals surface area contributed by atoms with Crippen molar-refractivity contribution in [3.8, 4) is 11.3 Å². The lowest BCUT2D eigenvalue weighted by Gasteiger charge is -2.10. The van der Waals surface area contributed by atoms with Crippen LogP contribution in [0.3, 0.4) is 0 Å². The lowest BCUT2D eigenvalue weighted by atomic mass is 10.1. The molecule has 1 aromatic heterocycles. The van der Waals surface area contributed by atoms with Gasteiger partial charge in [0.25, 0.3) is 6.29 Å². The summed E-state index contributed by atoms with van der Waals surface area (Å²) >= 11 is 0. The van der Waals surface area contributed by atoms with Crippen LogP contribution < -0.4 is 0 Å². The number of nitrogens with zero attached hydrogens (tertiary/aromatic N) is 1. The highest BCUT2D eigenvalue weighted by atomic mass is 16.7. The molecule has 98 valence electrons. The first-order valence-corrected chi connectivity index (χ1v) is 6.32. The number of fused-ring (bicyclic) bond motifs is 1. The zero-order valence-corrected chi connectivity index (χ0v) is 10.5. The summed E-state index contributed by atoms with van der Waals surface area (Å²) in [6, 6.07) is 15.7. The third-order valence-corrected chi connectivity index (χ3v) is 3.27. The third kappa shape index (κ3) is 1.73. The van der Waals surface area contributed by atoms with Gasteiger partial charge in [0.15, 0.2) is 5.76 Å². The van der Waals surface area contributed by atoms with Gasteiger partial charge in [0, 0.05) is 11.1 Å². The second-order valence-electron chi connectivity index (χ2n) is 4.53. The molecule has 0 bridgehead atoms. The van der Waals surface area contributed by atoms with Gasteiger partial charge in [0.1, 0.15) is 18.0 Å². The van der Waals surface area contributed by atoms with Crippen molar-refractivity contribution in [2.75, 3.05) is 0 Å². The van der Waals surface area contributed by atoms with E-state index in [2.05, 4.69) is 5.16 Å². The summed E-state index contributed by atoms with van der Waals surface area (Å²) in [4.78, 5) is 0. The fraction of sp³-hybridized carbons (Fsp3) is 0.0625. The largest absolute Gasteiger partial charge is 0.455 e. The van der Waals surface area contributed by atoms with Gasteiger partial charge >= 0.3 is 0 Å². The molecular formula is C16H11NO3. The van der Waals surface area contributed by atoms with Crippen molar-refractivity contribution in [3.63, 3.8) is 0 Å². The molecule has 2 heterocycles. The van der Waals surface area contributed by atoms with E-state index in [1.807, 2.05) is 48.5 Å². The van der Waals surface area contributed by atoms with E-state index in [1.54, 1.807) is 12.5 Å². The molecule has 4 heteroatoms. The molecule has 0 radical (unpaired) electrons. The number of hydrogen-bond acceptors (Lipinski definition) is 4. The van der Waals surface area contributed by atoms with Crippen LogP contribution in [0.1, 0.15) is 11.9 Å². The summed E-state index contributed by atoms with van der Waals surface area (Å²) in [5, 5.41) is 5.04. The first kappa shape index (κ1) is 11.1. The average molecular weight is 265 g/mol. The Morgan fingerprint density at radius 3 is 2.50 bits per heavy atom. The average Bonchev–Trinajstić information content (AvgIpc) is 3.17. The fourth-order valence-electron chi connectivity index (χ4n) is 2.30. The van der Waals surface area contributed by atoms with Crippen LogP contribution in [0.4, 0.5) is 0 Å². The number of hydrogen-bond donors (Lipinski definition) is 0. The normalized spacial score (nSPS) is 14.4. The fourth-order valence-corrected chi connectivity index (χ4v) is 2.30. The summed E-state index contributed by atoms with van der Waals surface area (Å²) in [5.41, 5.74) is 2.75. The first-order valence-electron chi connectivity index (χ1n) is 6.32. The second kappa shape index (κ2) is 4.42. The molecule has 0 fully saturated rings. The summed E-state index contributed by atoms with van der Waals surface area (Å²) in [6.45, 7) is 0. The number of ether oxygens (including phenoxy) is 2. The number of aromatic nitrogens is 1. The van der Waals surface area contributed by atoms with Crippen molar-refractivity contribution in [3.05, 3.63) is 66.6 Å². The number of benzene rings is 2. The Hall–Kier alpha value is -2.75. The minimum atomic E-state index is -0.391. The van der Waals surface area contributed by atoms with E-state index in [-0.39, 0.29) is 0 Å². The highest BCUT2D eigenvalue weighted by molar-refractivity contribution is 5.91. The van der Waals surface area contributed by atoms with Crippen molar-refractivity contribution in [2.45, 2.75) is 6.29 Å². The van der Waals surface area contributed by atoms with E-state index in [9.17, 15) is 0 Å². The van der Waals surface area contributed by atoms with Crippen LogP contribution >= 0.6 is 0 Å². The van der Waals surface area contributed by atoms with Crippen LogP contribution in [0.25, 0.3) is 22.2 Å². The monoisotopic (exact) mass is 265 g/mol. The predicted octanol–water partition coefficient (Wildman–Crippen LogP) is 4.01. The molecule has 1 aliphatic heterocycles. The molecule has 0 unspecified atom stereocenters. The molecule has 0 saturated carbocycles. The maximum absolute atomic E-state index is 5.47. The van der Waals surface area contributed by atoms with Gasteiger partial charge in [-0.2, -0.15) is 0 Å². The maximum Gasteiger partial charge on any atom is 0.266 e. The van der Waals surface area contributed by atoms with Gasteiger partial charge in [-0.15, -0.1) is 0 Å². The molecule has 0 spiro atoms. The predicted molar refractivity (Wildman–Crippen MR) is 73.5 cm³/mol. The van der Waals surface area contributed by atoms with Crippen LogP contribution in [-0.2, 0) is 9.47 Å². The third-order valence-electron chi connectivity index (χ3n) is 3.27. The summed E-state index contributed by atoms with van der Waals surface area (Å²) < 4.78 is 16.2. The van der Waals surface area contributed by atoms with E-state index in [1.165, 1.54) is 0 Å². The first-order chi connectivity index (χ1) is 9.92. The van der Waals surface area contributed by atoms with Gasteiger partial charge in [0.2, 0.25) is 0 Å². The van der Waals surface area contributed by atoms with E-state index in [0.717, 1.165) is 27.8 Å². The molecule has 4 rings (SSSR count). The minimum absolute atomic E-state index is 0.391. The highest BCUT2D eigenvalue weighted by Crippen LogP contribution is 2.32. The molecule has 20 heavy (non-hydrogen) atoms. The Bertz CT molecular complexity index is 769. The topological polar surface area (TPSA) is 44.5 Å². The van der Waals surface area contributed by atoms with Crippen LogP contribution in [0.15, 0.2) is 65.6 Å². The Kier molecular flexibility index (Phi) is 2.45. The van der Waals surface area contributed by atoms with Gasteiger partial charge < -0.3 is 14.0 Å². The Morgan fingerprint density at radius 1 is 0.900 bits per heavy atom. The van der Waals surface area contributed by atoms with Gasteiger partial charge in [-0.1, -0.05) is 35.5 Å².